The van der Waals surface area contributed by atoms with Crippen LogP contribution in [-0.2, 0) is 15.6 Å². The molecular weight excluding hydrogens is 340 g/mol. The summed E-state index contributed by atoms with van der Waals surface area (Å²) in [7, 11) is -2.05. The summed E-state index contributed by atoms with van der Waals surface area (Å²) < 4.78 is 29.3. The molecule has 0 saturated heterocycles. The Bertz CT molecular complexity index is 844. The zero-order valence-corrected chi connectivity index (χ0v) is 13.8. The number of ether oxygens (including phenoxy) is 1. The van der Waals surface area contributed by atoms with Crippen molar-refractivity contribution in [2.75, 3.05) is 7.11 Å². The van der Waals surface area contributed by atoms with Gasteiger partial charge in [0.2, 0.25) is 0 Å². The highest BCUT2D eigenvalue weighted by Crippen LogP contribution is 2.27. The Kier molecular flexibility index (Phi) is 5.18. The summed E-state index contributed by atoms with van der Waals surface area (Å²) >= 11 is 6.04. The number of sulfone groups is 1. The van der Waals surface area contributed by atoms with E-state index >= 15 is 0 Å². The molecule has 0 bridgehead atoms. The molecule has 0 radical (unpaired) electrons. The van der Waals surface area contributed by atoms with Gasteiger partial charge in [0.05, 0.1) is 12.9 Å². The van der Waals surface area contributed by atoms with Gasteiger partial charge in [0, 0.05) is 10.4 Å². The summed E-state index contributed by atoms with van der Waals surface area (Å²) in [6, 6.07) is 8.82. The van der Waals surface area contributed by atoms with Gasteiger partial charge < -0.3 is 14.9 Å². The van der Waals surface area contributed by atoms with Crippen molar-refractivity contribution in [3.8, 4) is 17.2 Å². The Balaban J connectivity index is 2.18. The van der Waals surface area contributed by atoms with Gasteiger partial charge in [-0.05, 0) is 41.5 Å². The van der Waals surface area contributed by atoms with E-state index < -0.39 is 9.84 Å². The molecule has 0 saturated carbocycles. The lowest BCUT2D eigenvalue weighted by atomic mass is 10.2. The van der Waals surface area contributed by atoms with Crippen LogP contribution in [0.4, 0.5) is 0 Å². The van der Waals surface area contributed by atoms with Gasteiger partial charge in [0.25, 0.3) is 0 Å². The zero-order valence-electron chi connectivity index (χ0n) is 12.2. The van der Waals surface area contributed by atoms with Gasteiger partial charge in [-0.25, -0.2) is 8.42 Å². The molecule has 2 aromatic rings. The van der Waals surface area contributed by atoms with Crippen LogP contribution in [0.3, 0.4) is 0 Å². The van der Waals surface area contributed by atoms with Crippen LogP contribution in [0, 0.1) is 0 Å². The highest BCUT2D eigenvalue weighted by atomic mass is 35.5. The number of hydrogen-bond acceptors (Lipinski definition) is 5. The van der Waals surface area contributed by atoms with Gasteiger partial charge in [-0.3, -0.25) is 0 Å². The minimum Gasteiger partial charge on any atom is -0.504 e. The third-order valence-electron chi connectivity index (χ3n) is 3.08. The molecule has 0 unspecified atom stereocenters. The van der Waals surface area contributed by atoms with E-state index in [0.717, 1.165) is 5.41 Å². The Labute approximate surface area is 139 Å². The van der Waals surface area contributed by atoms with E-state index in [1.807, 2.05) is 0 Å². The van der Waals surface area contributed by atoms with Crippen molar-refractivity contribution < 1.29 is 23.4 Å². The Hall–Kier alpha value is -2.18. The first-order valence-corrected chi connectivity index (χ1v) is 8.65. The van der Waals surface area contributed by atoms with Crippen LogP contribution in [0.5, 0.6) is 17.2 Å². The van der Waals surface area contributed by atoms with Crippen molar-refractivity contribution in [3.63, 3.8) is 0 Å². The standard InChI is InChI=1S/C16H15ClO5S/c1-22-13-4-3-12(14(17)9-13)10-23(20,21)7-6-11-2-5-15(18)16(19)8-11/h2-9,18-19H,10H2,1H3. The number of phenols is 2. The molecule has 7 heteroatoms. The minimum atomic E-state index is -3.55. The highest BCUT2D eigenvalue weighted by molar-refractivity contribution is 7.93. The summed E-state index contributed by atoms with van der Waals surface area (Å²) in [5.41, 5.74) is 0.912. The molecular formula is C16H15ClO5S. The molecule has 0 atom stereocenters. The Morgan fingerprint density at radius 2 is 1.87 bits per heavy atom. The number of rotatable bonds is 5. The van der Waals surface area contributed by atoms with Crippen LogP contribution in [0.1, 0.15) is 11.1 Å². The highest BCUT2D eigenvalue weighted by Gasteiger charge is 2.12. The van der Waals surface area contributed by atoms with Crippen LogP contribution >= 0.6 is 11.6 Å². The van der Waals surface area contributed by atoms with E-state index in [0.29, 0.717) is 21.9 Å². The molecule has 0 aliphatic rings. The number of halogens is 1. The van der Waals surface area contributed by atoms with Crippen molar-refractivity contribution in [2.45, 2.75) is 5.75 Å². The maximum absolute atomic E-state index is 12.1. The van der Waals surface area contributed by atoms with Crippen LogP contribution in [-0.4, -0.2) is 25.7 Å². The van der Waals surface area contributed by atoms with Crippen molar-refractivity contribution in [1.82, 2.24) is 0 Å². The Morgan fingerprint density at radius 1 is 1.13 bits per heavy atom. The normalized spacial score (nSPS) is 11.7. The molecule has 0 spiro atoms. The average Bonchev–Trinajstić information content (AvgIpc) is 2.50. The van der Waals surface area contributed by atoms with Crippen molar-refractivity contribution in [1.29, 1.82) is 0 Å². The molecule has 0 aliphatic heterocycles. The quantitative estimate of drug-likeness (QED) is 0.804. The van der Waals surface area contributed by atoms with Gasteiger partial charge in [0.1, 0.15) is 5.75 Å². The fourth-order valence-corrected chi connectivity index (χ4v) is 3.33. The van der Waals surface area contributed by atoms with Crippen molar-refractivity contribution in [2.24, 2.45) is 0 Å². The first-order chi connectivity index (χ1) is 10.8. The fourth-order valence-electron chi connectivity index (χ4n) is 1.86. The maximum Gasteiger partial charge on any atom is 0.175 e. The van der Waals surface area contributed by atoms with E-state index in [1.54, 1.807) is 18.2 Å². The second kappa shape index (κ2) is 6.93. The lowest BCUT2D eigenvalue weighted by Crippen LogP contribution is -2.01. The molecule has 2 aromatic carbocycles. The number of methoxy groups -OCH3 is 1. The molecule has 0 amide bonds. The largest absolute Gasteiger partial charge is 0.504 e. The second-order valence-electron chi connectivity index (χ2n) is 4.82. The smallest absolute Gasteiger partial charge is 0.175 e. The molecule has 2 N–H and O–H groups in total. The van der Waals surface area contributed by atoms with Crippen LogP contribution in [0.25, 0.3) is 6.08 Å². The monoisotopic (exact) mass is 354 g/mol. The van der Waals surface area contributed by atoms with Gasteiger partial charge in [0.15, 0.2) is 21.3 Å². The lowest BCUT2D eigenvalue weighted by molar-refractivity contribution is 0.403. The van der Waals surface area contributed by atoms with Crippen molar-refractivity contribution >= 4 is 27.5 Å². The molecule has 0 heterocycles. The van der Waals surface area contributed by atoms with Crippen LogP contribution in [0.15, 0.2) is 41.8 Å². The summed E-state index contributed by atoms with van der Waals surface area (Å²) in [4.78, 5) is 0. The number of benzene rings is 2. The van der Waals surface area contributed by atoms with E-state index in [4.69, 9.17) is 16.3 Å². The Morgan fingerprint density at radius 3 is 2.48 bits per heavy atom. The molecule has 0 aliphatic carbocycles. The number of hydrogen-bond donors (Lipinski definition) is 2. The van der Waals surface area contributed by atoms with Gasteiger partial charge in [-0.2, -0.15) is 0 Å². The SMILES string of the molecule is COc1ccc(CS(=O)(=O)C=Cc2ccc(O)c(O)c2)c(Cl)c1. The summed E-state index contributed by atoms with van der Waals surface area (Å²) in [5.74, 6) is -0.292. The van der Waals surface area contributed by atoms with Crippen LogP contribution in [0.2, 0.25) is 5.02 Å². The third-order valence-corrected chi connectivity index (χ3v) is 4.70. The van der Waals surface area contributed by atoms with E-state index in [9.17, 15) is 18.6 Å². The molecule has 5 nitrogen and oxygen atoms in total. The molecule has 122 valence electrons. The first kappa shape index (κ1) is 17.2. The van der Waals surface area contributed by atoms with Gasteiger partial charge >= 0.3 is 0 Å². The minimum absolute atomic E-state index is 0.254. The first-order valence-electron chi connectivity index (χ1n) is 6.56. The lowest BCUT2D eigenvalue weighted by Gasteiger charge is -2.06. The van der Waals surface area contributed by atoms with Crippen LogP contribution < -0.4 is 4.74 Å². The fraction of sp³-hybridized carbons (Fsp3) is 0.125. The average molecular weight is 355 g/mol. The zero-order chi connectivity index (χ0) is 17.0. The predicted molar refractivity (Wildman–Crippen MR) is 89.4 cm³/mol. The maximum atomic E-state index is 12.1. The van der Waals surface area contributed by atoms with Crippen molar-refractivity contribution in [3.05, 3.63) is 58.0 Å². The van der Waals surface area contributed by atoms with E-state index in [-0.39, 0.29) is 17.3 Å². The van der Waals surface area contributed by atoms with Gasteiger partial charge in [-0.15, -0.1) is 0 Å². The number of phenolic OH excluding ortho intramolecular Hbond substituents is 2. The van der Waals surface area contributed by atoms with E-state index in [2.05, 4.69) is 0 Å². The molecule has 2 rings (SSSR count). The summed E-state index contributed by atoms with van der Waals surface area (Å²) in [6.45, 7) is 0. The third kappa shape index (κ3) is 4.64. The molecule has 0 fully saturated rings. The summed E-state index contributed by atoms with van der Waals surface area (Å²) in [6.07, 6.45) is 1.34. The topological polar surface area (TPSA) is 83.8 Å². The molecule has 23 heavy (non-hydrogen) atoms. The predicted octanol–water partition coefficient (Wildman–Crippen LogP) is 3.35. The number of aromatic hydroxyl groups is 2. The summed E-state index contributed by atoms with van der Waals surface area (Å²) in [5, 5.41) is 20.0. The van der Waals surface area contributed by atoms with E-state index in [1.165, 1.54) is 31.4 Å². The second-order valence-corrected chi connectivity index (χ2v) is 7.11. The molecule has 0 aromatic heterocycles. The van der Waals surface area contributed by atoms with Gasteiger partial charge in [-0.1, -0.05) is 23.7 Å².